The first kappa shape index (κ1) is 11.3. The molecular formula is C12H12N2O3. The molecule has 0 unspecified atom stereocenters. The van der Waals surface area contributed by atoms with Crippen molar-refractivity contribution in [3.05, 3.63) is 35.4 Å². The fourth-order valence-corrected chi connectivity index (χ4v) is 1.67. The molecule has 1 aliphatic heterocycles. The van der Waals surface area contributed by atoms with Crippen LogP contribution in [-0.2, 0) is 4.79 Å². The molecule has 88 valence electrons. The second-order valence-electron chi connectivity index (χ2n) is 3.70. The predicted molar refractivity (Wildman–Crippen MR) is 60.2 cm³/mol. The van der Waals surface area contributed by atoms with E-state index in [1.54, 1.807) is 31.2 Å². The zero-order chi connectivity index (χ0) is 12.4. The molecule has 1 aliphatic rings. The smallest absolute Gasteiger partial charge is 0.263 e. The molecule has 0 radical (unpaired) electrons. The summed E-state index contributed by atoms with van der Waals surface area (Å²) >= 11 is 0. The molecule has 1 N–H and O–H groups in total. The van der Waals surface area contributed by atoms with Crippen LogP contribution in [0.25, 0.3) is 0 Å². The van der Waals surface area contributed by atoms with Crippen molar-refractivity contribution < 1.29 is 14.4 Å². The van der Waals surface area contributed by atoms with Gasteiger partial charge in [-0.15, -0.1) is 0 Å². The third-order valence-electron chi connectivity index (χ3n) is 2.63. The Morgan fingerprint density at radius 1 is 1.18 bits per heavy atom. The van der Waals surface area contributed by atoms with Gasteiger partial charge in [-0.3, -0.25) is 19.3 Å². The summed E-state index contributed by atoms with van der Waals surface area (Å²) in [7, 11) is 0. The van der Waals surface area contributed by atoms with Crippen molar-refractivity contribution in [3.8, 4) is 0 Å². The molecule has 5 nitrogen and oxygen atoms in total. The minimum absolute atomic E-state index is 0.0704. The number of carbonyl (C=O) groups excluding carboxylic acids is 3. The first-order valence-electron chi connectivity index (χ1n) is 5.37. The van der Waals surface area contributed by atoms with Crippen LogP contribution in [-0.4, -0.2) is 29.3 Å². The van der Waals surface area contributed by atoms with E-state index in [2.05, 4.69) is 5.32 Å². The van der Waals surface area contributed by atoms with E-state index in [4.69, 9.17) is 0 Å². The van der Waals surface area contributed by atoms with Gasteiger partial charge in [-0.2, -0.15) is 0 Å². The Hall–Kier alpha value is -2.17. The van der Waals surface area contributed by atoms with E-state index in [1.807, 2.05) is 0 Å². The van der Waals surface area contributed by atoms with E-state index in [0.717, 1.165) is 4.90 Å². The Labute approximate surface area is 98.4 Å². The summed E-state index contributed by atoms with van der Waals surface area (Å²) in [5.41, 5.74) is 0.784. The number of rotatable bonds is 3. The summed E-state index contributed by atoms with van der Waals surface area (Å²) in [6.45, 7) is 1.64. The van der Waals surface area contributed by atoms with E-state index < -0.39 is 0 Å². The summed E-state index contributed by atoms with van der Waals surface area (Å²) in [5, 5.41) is 2.52. The number of benzene rings is 1. The van der Waals surface area contributed by atoms with Crippen LogP contribution < -0.4 is 5.32 Å². The summed E-state index contributed by atoms with van der Waals surface area (Å²) in [6.07, 6.45) is 0.323. The topological polar surface area (TPSA) is 66.5 Å². The number of hydrogen-bond donors (Lipinski definition) is 1. The zero-order valence-electron chi connectivity index (χ0n) is 9.40. The molecule has 5 heteroatoms. The second-order valence-corrected chi connectivity index (χ2v) is 3.70. The fourth-order valence-electron chi connectivity index (χ4n) is 1.67. The molecule has 1 aromatic rings. The lowest BCUT2D eigenvalue weighted by Gasteiger charge is -2.14. The lowest BCUT2D eigenvalue weighted by molar-refractivity contribution is -0.121. The Morgan fingerprint density at radius 2 is 1.71 bits per heavy atom. The van der Waals surface area contributed by atoms with Crippen molar-refractivity contribution in [3.63, 3.8) is 0 Å². The Bertz CT molecular complexity index is 461. The van der Waals surface area contributed by atoms with Gasteiger partial charge in [-0.25, -0.2) is 0 Å². The molecule has 0 saturated carbocycles. The third kappa shape index (κ3) is 1.91. The maximum Gasteiger partial charge on any atom is 0.263 e. The maximum absolute atomic E-state index is 11.9. The predicted octanol–water partition coefficient (Wildman–Crippen LogP) is 0.766. The van der Waals surface area contributed by atoms with E-state index in [0.29, 0.717) is 17.5 Å². The molecule has 2 rings (SSSR count). The standard InChI is InChI=1S/C12H12N2O3/c1-2-10(15)13-7-14-11(16)8-5-3-4-6-9(8)12(14)17/h3-6H,2,7H2,1H3,(H,13,15). The quantitative estimate of drug-likeness (QED) is 0.782. The van der Waals surface area contributed by atoms with Gasteiger partial charge in [0, 0.05) is 6.42 Å². The van der Waals surface area contributed by atoms with Crippen molar-refractivity contribution in [1.29, 1.82) is 0 Å². The van der Waals surface area contributed by atoms with Crippen LogP contribution in [0.1, 0.15) is 34.1 Å². The number of fused-ring (bicyclic) bond motifs is 1. The van der Waals surface area contributed by atoms with Crippen LogP contribution in [0.15, 0.2) is 24.3 Å². The van der Waals surface area contributed by atoms with Gasteiger partial charge in [0.2, 0.25) is 5.91 Å². The molecule has 0 spiro atoms. The Morgan fingerprint density at radius 3 is 2.18 bits per heavy atom. The molecule has 1 aromatic carbocycles. The lowest BCUT2D eigenvalue weighted by atomic mass is 10.1. The maximum atomic E-state index is 11.9. The minimum Gasteiger partial charge on any atom is -0.338 e. The number of amides is 3. The minimum atomic E-state index is -0.359. The zero-order valence-corrected chi connectivity index (χ0v) is 9.40. The van der Waals surface area contributed by atoms with Gasteiger partial charge in [0.1, 0.15) is 6.67 Å². The van der Waals surface area contributed by atoms with Crippen LogP contribution in [0.2, 0.25) is 0 Å². The highest BCUT2D eigenvalue weighted by Gasteiger charge is 2.34. The van der Waals surface area contributed by atoms with E-state index >= 15 is 0 Å². The van der Waals surface area contributed by atoms with Gasteiger partial charge in [0.25, 0.3) is 11.8 Å². The fraction of sp³-hybridized carbons (Fsp3) is 0.250. The molecular weight excluding hydrogens is 220 g/mol. The average Bonchev–Trinajstić information content (AvgIpc) is 2.60. The van der Waals surface area contributed by atoms with E-state index in [9.17, 15) is 14.4 Å². The molecule has 0 aliphatic carbocycles. The highest BCUT2D eigenvalue weighted by atomic mass is 16.2. The van der Waals surface area contributed by atoms with Gasteiger partial charge in [0.15, 0.2) is 0 Å². The van der Waals surface area contributed by atoms with Crippen molar-refractivity contribution in [2.24, 2.45) is 0 Å². The molecule has 0 aromatic heterocycles. The lowest BCUT2D eigenvalue weighted by Crippen LogP contribution is -2.40. The highest BCUT2D eigenvalue weighted by Crippen LogP contribution is 2.21. The van der Waals surface area contributed by atoms with Crippen molar-refractivity contribution in [1.82, 2.24) is 10.2 Å². The normalized spacial score (nSPS) is 13.8. The van der Waals surface area contributed by atoms with Crippen molar-refractivity contribution in [2.45, 2.75) is 13.3 Å². The van der Waals surface area contributed by atoms with Gasteiger partial charge in [0.05, 0.1) is 11.1 Å². The number of carbonyl (C=O) groups is 3. The van der Waals surface area contributed by atoms with Gasteiger partial charge in [-0.05, 0) is 12.1 Å². The summed E-state index contributed by atoms with van der Waals surface area (Å²) in [5.74, 6) is -0.912. The molecule has 1 heterocycles. The number of imide groups is 1. The molecule has 17 heavy (non-hydrogen) atoms. The Kier molecular flexibility index (Phi) is 2.91. The van der Waals surface area contributed by atoms with Gasteiger partial charge >= 0.3 is 0 Å². The van der Waals surface area contributed by atoms with Crippen molar-refractivity contribution >= 4 is 17.7 Å². The number of nitrogens with one attached hydrogen (secondary N) is 1. The van der Waals surface area contributed by atoms with E-state index in [-0.39, 0.29) is 24.4 Å². The first-order valence-corrected chi connectivity index (χ1v) is 5.37. The SMILES string of the molecule is CCC(=O)NCN1C(=O)c2ccccc2C1=O. The highest BCUT2D eigenvalue weighted by molar-refractivity contribution is 6.21. The molecule has 3 amide bonds. The van der Waals surface area contributed by atoms with Crippen molar-refractivity contribution in [2.75, 3.05) is 6.67 Å². The van der Waals surface area contributed by atoms with Crippen LogP contribution in [0.5, 0.6) is 0 Å². The number of nitrogens with zero attached hydrogens (tertiary/aromatic N) is 1. The monoisotopic (exact) mass is 232 g/mol. The molecule has 0 atom stereocenters. The summed E-state index contributed by atoms with van der Waals surface area (Å²) in [6, 6.07) is 6.63. The van der Waals surface area contributed by atoms with Gasteiger partial charge < -0.3 is 5.32 Å². The second kappa shape index (κ2) is 4.37. The third-order valence-corrected chi connectivity index (χ3v) is 2.63. The van der Waals surface area contributed by atoms with Gasteiger partial charge in [-0.1, -0.05) is 19.1 Å². The van der Waals surface area contributed by atoms with Crippen LogP contribution >= 0.6 is 0 Å². The summed E-state index contributed by atoms with van der Waals surface area (Å²) in [4.78, 5) is 35.9. The van der Waals surface area contributed by atoms with Crippen LogP contribution in [0.3, 0.4) is 0 Å². The van der Waals surface area contributed by atoms with Crippen LogP contribution in [0.4, 0.5) is 0 Å². The largest absolute Gasteiger partial charge is 0.338 e. The Balaban J connectivity index is 2.16. The molecule has 0 fully saturated rings. The van der Waals surface area contributed by atoms with E-state index in [1.165, 1.54) is 0 Å². The summed E-state index contributed by atoms with van der Waals surface area (Å²) < 4.78 is 0. The molecule has 0 saturated heterocycles. The first-order chi connectivity index (χ1) is 8.15. The number of hydrogen-bond acceptors (Lipinski definition) is 3. The average molecular weight is 232 g/mol. The molecule has 0 bridgehead atoms. The van der Waals surface area contributed by atoms with Crippen LogP contribution in [0, 0.1) is 0 Å².